The van der Waals surface area contributed by atoms with Gasteiger partial charge in [-0.25, -0.2) is 0 Å². The molecule has 0 spiro atoms. The smallest absolute Gasteiger partial charge is 0.303 e. The van der Waals surface area contributed by atoms with Crippen LogP contribution in [0.5, 0.6) is 0 Å². The third kappa shape index (κ3) is 3.41. The standard InChI is InChI=1S/C20H34O4/c1-14(11-18(23)24)7-9-19(3)15(2)8-10-20(13-22)16(12-21)5-4-6-17(19)20/h5,14-15,17,21-22H,4,6-13H2,1-3H3,(H,23,24)/t14-,15-,17-,19-,20-/m1/s1. The topological polar surface area (TPSA) is 77.8 Å². The van der Waals surface area contributed by atoms with E-state index in [1.54, 1.807) is 0 Å². The van der Waals surface area contributed by atoms with Crippen molar-refractivity contribution in [3.63, 3.8) is 0 Å². The van der Waals surface area contributed by atoms with Gasteiger partial charge in [-0.15, -0.1) is 0 Å². The van der Waals surface area contributed by atoms with Gasteiger partial charge in [0.25, 0.3) is 0 Å². The second-order valence-corrected chi connectivity index (χ2v) is 8.52. The van der Waals surface area contributed by atoms with Crippen LogP contribution in [0.1, 0.15) is 65.7 Å². The largest absolute Gasteiger partial charge is 0.481 e. The molecule has 0 heterocycles. The average molecular weight is 338 g/mol. The number of hydrogen-bond donors (Lipinski definition) is 3. The Morgan fingerprint density at radius 3 is 2.67 bits per heavy atom. The lowest BCUT2D eigenvalue weighted by Crippen LogP contribution is -2.53. The lowest BCUT2D eigenvalue weighted by Gasteiger charge is -2.59. The van der Waals surface area contributed by atoms with Crippen molar-refractivity contribution in [3.8, 4) is 0 Å². The first kappa shape index (κ1) is 19.5. The summed E-state index contributed by atoms with van der Waals surface area (Å²) >= 11 is 0. The summed E-state index contributed by atoms with van der Waals surface area (Å²) in [5, 5.41) is 29.1. The third-order valence-electron chi connectivity index (χ3n) is 7.25. The highest BCUT2D eigenvalue weighted by molar-refractivity contribution is 5.66. The summed E-state index contributed by atoms with van der Waals surface area (Å²) in [6.07, 6.45) is 8.28. The highest BCUT2D eigenvalue weighted by Gasteiger charge is 2.55. The number of carbonyl (C=O) groups is 1. The number of rotatable bonds is 7. The maximum Gasteiger partial charge on any atom is 0.303 e. The van der Waals surface area contributed by atoms with E-state index in [1.165, 1.54) is 0 Å². The lowest BCUT2D eigenvalue weighted by atomic mass is 9.46. The molecule has 3 N–H and O–H groups in total. The molecule has 4 heteroatoms. The summed E-state index contributed by atoms with van der Waals surface area (Å²) in [4.78, 5) is 10.9. The van der Waals surface area contributed by atoms with Crippen molar-refractivity contribution >= 4 is 5.97 Å². The molecule has 2 rings (SSSR count). The van der Waals surface area contributed by atoms with Crippen molar-refractivity contribution < 1.29 is 20.1 Å². The molecule has 0 radical (unpaired) electrons. The number of hydrogen-bond acceptors (Lipinski definition) is 3. The molecule has 2 aliphatic rings. The Balaban J connectivity index is 2.23. The van der Waals surface area contributed by atoms with Crippen molar-refractivity contribution in [2.75, 3.05) is 13.2 Å². The predicted molar refractivity (Wildman–Crippen MR) is 94.6 cm³/mol. The van der Waals surface area contributed by atoms with E-state index in [0.717, 1.165) is 44.1 Å². The van der Waals surface area contributed by atoms with Crippen LogP contribution < -0.4 is 0 Å². The summed E-state index contributed by atoms with van der Waals surface area (Å²) in [5.74, 6) is 0.366. The maximum atomic E-state index is 10.9. The van der Waals surface area contributed by atoms with Gasteiger partial charge in [-0.1, -0.05) is 26.8 Å². The van der Waals surface area contributed by atoms with Gasteiger partial charge >= 0.3 is 5.97 Å². The summed E-state index contributed by atoms with van der Waals surface area (Å²) in [6, 6.07) is 0. The number of aliphatic hydroxyl groups excluding tert-OH is 2. The minimum atomic E-state index is -0.725. The first-order chi connectivity index (χ1) is 11.3. The van der Waals surface area contributed by atoms with Crippen molar-refractivity contribution in [1.29, 1.82) is 0 Å². The summed E-state index contributed by atoms with van der Waals surface area (Å²) < 4.78 is 0. The van der Waals surface area contributed by atoms with Crippen LogP contribution in [-0.2, 0) is 4.79 Å². The molecule has 0 saturated heterocycles. The Labute approximate surface area is 146 Å². The highest BCUT2D eigenvalue weighted by Crippen LogP contribution is 2.61. The van der Waals surface area contributed by atoms with Crippen LogP contribution in [0.3, 0.4) is 0 Å². The number of aliphatic hydroxyl groups is 2. The molecule has 1 saturated carbocycles. The SMILES string of the molecule is C[C@H](CC[C@]1(C)[C@H](C)CC[C@@]2(CO)C(CO)=CCC[C@@H]21)CC(=O)O. The highest BCUT2D eigenvalue weighted by atomic mass is 16.4. The molecular weight excluding hydrogens is 304 g/mol. The Morgan fingerprint density at radius 2 is 2.08 bits per heavy atom. The fourth-order valence-corrected chi connectivity index (χ4v) is 5.46. The van der Waals surface area contributed by atoms with Crippen LogP contribution in [0.25, 0.3) is 0 Å². The summed E-state index contributed by atoms with van der Waals surface area (Å²) in [5.41, 5.74) is 0.838. The van der Waals surface area contributed by atoms with E-state index in [4.69, 9.17) is 5.11 Å². The van der Waals surface area contributed by atoms with E-state index in [1.807, 2.05) is 6.92 Å². The predicted octanol–water partition coefficient (Wildman–Crippen LogP) is 3.62. The molecule has 0 unspecified atom stereocenters. The van der Waals surface area contributed by atoms with E-state index < -0.39 is 5.97 Å². The third-order valence-corrected chi connectivity index (χ3v) is 7.25. The van der Waals surface area contributed by atoms with Crippen LogP contribution >= 0.6 is 0 Å². The monoisotopic (exact) mass is 338 g/mol. The molecule has 0 amide bonds. The van der Waals surface area contributed by atoms with Gasteiger partial charge in [0.1, 0.15) is 0 Å². The minimum absolute atomic E-state index is 0.0386. The molecule has 1 fully saturated rings. The maximum absolute atomic E-state index is 10.9. The molecule has 0 aromatic rings. The molecule has 0 bridgehead atoms. The average Bonchev–Trinajstić information content (AvgIpc) is 2.55. The number of fused-ring (bicyclic) bond motifs is 1. The molecular formula is C20H34O4. The second kappa shape index (κ2) is 7.57. The Hall–Kier alpha value is -0.870. The molecule has 0 aromatic heterocycles. The van der Waals surface area contributed by atoms with Crippen LogP contribution in [0.15, 0.2) is 11.6 Å². The zero-order valence-corrected chi connectivity index (χ0v) is 15.4. The van der Waals surface area contributed by atoms with Gasteiger partial charge in [0, 0.05) is 11.8 Å². The van der Waals surface area contributed by atoms with Gasteiger partial charge in [0.2, 0.25) is 0 Å². The first-order valence-corrected chi connectivity index (χ1v) is 9.43. The summed E-state index contributed by atoms with van der Waals surface area (Å²) in [7, 11) is 0. The Bertz CT molecular complexity index is 486. The lowest BCUT2D eigenvalue weighted by molar-refractivity contribution is -0.138. The minimum Gasteiger partial charge on any atom is -0.481 e. The van der Waals surface area contributed by atoms with Crippen molar-refractivity contribution in [3.05, 3.63) is 11.6 Å². The molecule has 0 aromatic carbocycles. The zero-order valence-electron chi connectivity index (χ0n) is 15.4. The van der Waals surface area contributed by atoms with Gasteiger partial charge in [0.15, 0.2) is 0 Å². The summed E-state index contributed by atoms with van der Waals surface area (Å²) in [6.45, 7) is 6.80. The van der Waals surface area contributed by atoms with Crippen molar-refractivity contribution in [1.82, 2.24) is 0 Å². The molecule has 2 aliphatic carbocycles. The normalized spacial score (nSPS) is 37.5. The van der Waals surface area contributed by atoms with Crippen molar-refractivity contribution in [2.24, 2.45) is 28.6 Å². The number of aliphatic carboxylic acids is 1. The van der Waals surface area contributed by atoms with Gasteiger partial charge in [0.05, 0.1) is 13.2 Å². The number of allylic oxidation sites excluding steroid dienone is 1. The van der Waals surface area contributed by atoms with Gasteiger partial charge in [-0.05, 0) is 67.3 Å². The van der Waals surface area contributed by atoms with E-state index >= 15 is 0 Å². The van der Waals surface area contributed by atoms with Crippen LogP contribution in [0.4, 0.5) is 0 Å². The Kier molecular flexibility index (Phi) is 6.14. The van der Waals surface area contributed by atoms with Crippen molar-refractivity contribution in [2.45, 2.75) is 65.7 Å². The van der Waals surface area contributed by atoms with E-state index in [9.17, 15) is 15.0 Å². The quantitative estimate of drug-likeness (QED) is 0.620. The van der Waals surface area contributed by atoms with E-state index in [-0.39, 0.29) is 36.4 Å². The fourth-order valence-electron chi connectivity index (χ4n) is 5.46. The first-order valence-electron chi connectivity index (χ1n) is 9.43. The van der Waals surface area contributed by atoms with Gasteiger partial charge in [-0.3, -0.25) is 4.79 Å². The Morgan fingerprint density at radius 1 is 1.38 bits per heavy atom. The van der Waals surface area contributed by atoms with E-state index in [0.29, 0.717) is 11.8 Å². The second-order valence-electron chi connectivity index (χ2n) is 8.52. The molecule has 24 heavy (non-hydrogen) atoms. The van der Waals surface area contributed by atoms with Crippen LogP contribution in [0, 0.1) is 28.6 Å². The molecule has 0 aliphatic heterocycles. The van der Waals surface area contributed by atoms with Crippen LogP contribution in [-0.4, -0.2) is 34.5 Å². The molecule has 5 atom stereocenters. The van der Waals surface area contributed by atoms with Gasteiger partial charge in [-0.2, -0.15) is 0 Å². The number of carboxylic acids is 1. The number of carboxylic acid groups (broad SMARTS) is 1. The van der Waals surface area contributed by atoms with Gasteiger partial charge < -0.3 is 15.3 Å². The fraction of sp³-hybridized carbons (Fsp3) is 0.850. The molecule has 4 nitrogen and oxygen atoms in total. The van der Waals surface area contributed by atoms with Crippen LogP contribution in [0.2, 0.25) is 0 Å². The zero-order chi connectivity index (χ0) is 18.0. The molecule has 138 valence electrons. The van der Waals surface area contributed by atoms with E-state index in [2.05, 4.69) is 19.9 Å².